The maximum atomic E-state index is 13.1. The van der Waals surface area contributed by atoms with Gasteiger partial charge in [-0.05, 0) is 38.3 Å². The number of nitrogens with one attached hydrogen (secondary N) is 2. The molecule has 0 bridgehead atoms. The lowest BCUT2D eigenvalue weighted by Gasteiger charge is -2.28. The van der Waals surface area contributed by atoms with Crippen LogP contribution in [0, 0.1) is 6.92 Å². The van der Waals surface area contributed by atoms with Gasteiger partial charge in [0, 0.05) is 11.1 Å². The predicted molar refractivity (Wildman–Crippen MR) is 116 cm³/mol. The summed E-state index contributed by atoms with van der Waals surface area (Å²) in [6, 6.07) is 6.41. The predicted octanol–water partition coefficient (Wildman–Crippen LogP) is 3.17. The number of amides is 2. The van der Waals surface area contributed by atoms with E-state index in [4.69, 9.17) is 9.47 Å². The number of nitrogens with zero attached hydrogens (tertiary/aromatic N) is 1. The Labute approximate surface area is 181 Å². The van der Waals surface area contributed by atoms with E-state index < -0.39 is 24.0 Å². The zero-order valence-electron chi connectivity index (χ0n) is 18.2. The Morgan fingerprint density at radius 1 is 1.10 bits per heavy atom. The average Bonchev–Trinajstić information content (AvgIpc) is 2.76. The number of benzene rings is 1. The highest BCUT2D eigenvalue weighted by Crippen LogP contribution is 2.25. The maximum Gasteiger partial charge on any atom is 0.339 e. The molecule has 1 aliphatic rings. The molecule has 0 spiro atoms. The number of fused-ring (bicyclic) bond motifs is 1. The monoisotopic (exact) mass is 425 g/mol. The first-order valence-electron chi connectivity index (χ1n) is 10.4. The Morgan fingerprint density at radius 2 is 1.84 bits per heavy atom. The van der Waals surface area contributed by atoms with Gasteiger partial charge in [0.1, 0.15) is 6.61 Å². The van der Waals surface area contributed by atoms with Crippen LogP contribution in [0.5, 0.6) is 0 Å². The fourth-order valence-corrected chi connectivity index (χ4v) is 3.75. The summed E-state index contributed by atoms with van der Waals surface area (Å²) in [7, 11) is 0. The van der Waals surface area contributed by atoms with Crippen molar-refractivity contribution >= 4 is 28.9 Å². The fourth-order valence-electron chi connectivity index (χ4n) is 3.75. The summed E-state index contributed by atoms with van der Waals surface area (Å²) in [5.74, 6) is -1.09. The average molecular weight is 425 g/mol. The van der Waals surface area contributed by atoms with E-state index in [-0.39, 0.29) is 24.5 Å². The lowest BCUT2D eigenvalue weighted by Crippen LogP contribution is -2.51. The molecular formula is C23H27N3O5. The largest absolute Gasteiger partial charge is 0.463 e. The van der Waals surface area contributed by atoms with E-state index in [0.717, 1.165) is 11.3 Å². The summed E-state index contributed by atoms with van der Waals surface area (Å²) in [5, 5.41) is 5.98. The quantitative estimate of drug-likeness (QED) is 0.660. The van der Waals surface area contributed by atoms with Crippen LogP contribution >= 0.6 is 0 Å². The molecular weight excluding hydrogens is 398 g/mol. The molecule has 2 aromatic rings. The Hall–Kier alpha value is -3.42. The number of carbonyl (C=O) groups excluding carboxylic acids is 3. The van der Waals surface area contributed by atoms with Crippen LogP contribution in [0.3, 0.4) is 0 Å². The van der Waals surface area contributed by atoms with Crippen LogP contribution in [0.15, 0.2) is 35.5 Å². The van der Waals surface area contributed by atoms with E-state index in [9.17, 15) is 14.4 Å². The molecule has 1 atom stereocenters. The van der Waals surface area contributed by atoms with Crippen LogP contribution in [0.4, 0.5) is 4.79 Å². The van der Waals surface area contributed by atoms with Crippen molar-refractivity contribution in [2.75, 3.05) is 13.2 Å². The van der Waals surface area contributed by atoms with Crippen LogP contribution < -0.4 is 10.6 Å². The van der Waals surface area contributed by atoms with Crippen molar-refractivity contribution in [3.05, 3.63) is 52.4 Å². The van der Waals surface area contributed by atoms with E-state index in [1.54, 1.807) is 6.92 Å². The molecule has 1 aromatic heterocycles. The van der Waals surface area contributed by atoms with Gasteiger partial charge in [-0.3, -0.25) is 4.98 Å². The van der Waals surface area contributed by atoms with Gasteiger partial charge in [0.2, 0.25) is 0 Å². The number of urea groups is 1. The summed E-state index contributed by atoms with van der Waals surface area (Å²) in [6.45, 7) is 7.31. The number of aromatic nitrogens is 1. The number of aryl methyl sites for hydroxylation is 1. The second-order valence-corrected chi connectivity index (χ2v) is 7.18. The van der Waals surface area contributed by atoms with Gasteiger partial charge in [-0.2, -0.15) is 0 Å². The van der Waals surface area contributed by atoms with E-state index in [2.05, 4.69) is 15.6 Å². The van der Waals surface area contributed by atoms with Crippen molar-refractivity contribution in [1.29, 1.82) is 0 Å². The van der Waals surface area contributed by atoms with Gasteiger partial charge in [-0.15, -0.1) is 0 Å². The van der Waals surface area contributed by atoms with Crippen LogP contribution in [-0.4, -0.2) is 42.2 Å². The number of hydrogen-bond donors (Lipinski definition) is 2. The molecule has 8 nitrogen and oxygen atoms in total. The third-order valence-corrected chi connectivity index (χ3v) is 5.27. The normalized spacial score (nSPS) is 16.0. The van der Waals surface area contributed by atoms with Crippen molar-refractivity contribution in [2.24, 2.45) is 0 Å². The third kappa shape index (κ3) is 4.52. The van der Waals surface area contributed by atoms with Crippen LogP contribution in [0.1, 0.15) is 48.8 Å². The van der Waals surface area contributed by atoms with E-state index in [1.807, 2.05) is 45.0 Å². The molecule has 0 radical (unpaired) electrons. The first-order chi connectivity index (χ1) is 14.9. The second-order valence-electron chi connectivity index (χ2n) is 7.18. The molecule has 164 valence electrons. The first kappa shape index (κ1) is 22.3. The number of rotatable bonds is 7. The number of esters is 2. The number of ether oxygens (including phenoxy) is 2. The smallest absolute Gasteiger partial charge is 0.339 e. The maximum absolute atomic E-state index is 13.1. The summed E-state index contributed by atoms with van der Waals surface area (Å²) >= 11 is 0. The van der Waals surface area contributed by atoms with E-state index in [1.165, 1.54) is 0 Å². The third-order valence-electron chi connectivity index (χ3n) is 5.27. The summed E-state index contributed by atoms with van der Waals surface area (Å²) in [6.07, 6.45) is 1.17. The minimum atomic E-state index is -0.549. The molecule has 0 fully saturated rings. The highest BCUT2D eigenvalue weighted by atomic mass is 16.5. The number of para-hydroxylation sites is 1. The van der Waals surface area contributed by atoms with Gasteiger partial charge >= 0.3 is 18.0 Å². The van der Waals surface area contributed by atoms with Gasteiger partial charge < -0.3 is 20.1 Å². The molecule has 1 aliphatic heterocycles. The standard InChI is InChI=1S/C23H27N3O5/c1-5-15-13(4)19(14-10-8-9-11-17(14)24-15)21(27)31-12-18-20(22(28)30-7-3)16(6-2)25-23(29)26-18/h8-11,16H,5-7,12H2,1-4H3,(H2,25,26,29). The second kappa shape index (κ2) is 9.59. The number of carbonyl (C=O) groups is 3. The zero-order valence-corrected chi connectivity index (χ0v) is 18.2. The van der Waals surface area contributed by atoms with Crippen LogP contribution in [0.2, 0.25) is 0 Å². The minimum absolute atomic E-state index is 0.196. The lowest BCUT2D eigenvalue weighted by molar-refractivity contribution is -0.139. The van der Waals surface area contributed by atoms with Gasteiger partial charge in [-0.1, -0.05) is 32.0 Å². The molecule has 31 heavy (non-hydrogen) atoms. The molecule has 0 saturated carbocycles. The Balaban J connectivity index is 1.96. The highest BCUT2D eigenvalue weighted by Gasteiger charge is 2.32. The molecule has 3 rings (SSSR count). The van der Waals surface area contributed by atoms with Gasteiger partial charge in [0.25, 0.3) is 0 Å². The number of hydrogen-bond acceptors (Lipinski definition) is 6. The van der Waals surface area contributed by atoms with Gasteiger partial charge in [0.15, 0.2) is 0 Å². The molecule has 1 aromatic carbocycles. The van der Waals surface area contributed by atoms with Gasteiger partial charge in [0.05, 0.1) is 35.0 Å². The summed E-state index contributed by atoms with van der Waals surface area (Å²) < 4.78 is 10.7. The summed E-state index contributed by atoms with van der Waals surface area (Å²) in [4.78, 5) is 42.3. The van der Waals surface area contributed by atoms with Gasteiger partial charge in [-0.25, -0.2) is 14.4 Å². The fraction of sp³-hybridized carbons (Fsp3) is 0.391. The van der Waals surface area contributed by atoms with Crippen molar-refractivity contribution < 1.29 is 23.9 Å². The van der Waals surface area contributed by atoms with Crippen molar-refractivity contribution in [3.63, 3.8) is 0 Å². The topological polar surface area (TPSA) is 107 Å². The van der Waals surface area contributed by atoms with E-state index >= 15 is 0 Å². The molecule has 2 N–H and O–H groups in total. The van der Waals surface area contributed by atoms with Crippen LogP contribution in [0.25, 0.3) is 10.9 Å². The molecule has 0 saturated heterocycles. The Bertz CT molecular complexity index is 1060. The zero-order chi connectivity index (χ0) is 22.5. The molecule has 0 aliphatic carbocycles. The van der Waals surface area contributed by atoms with Crippen molar-refractivity contribution in [1.82, 2.24) is 15.6 Å². The first-order valence-corrected chi connectivity index (χ1v) is 10.4. The summed E-state index contributed by atoms with van der Waals surface area (Å²) in [5.41, 5.74) is 3.22. The van der Waals surface area contributed by atoms with Crippen LogP contribution in [-0.2, 0) is 20.7 Å². The van der Waals surface area contributed by atoms with Crippen molar-refractivity contribution in [2.45, 2.75) is 46.6 Å². The molecule has 2 amide bonds. The number of pyridine rings is 1. The molecule has 1 unspecified atom stereocenters. The lowest BCUT2D eigenvalue weighted by atomic mass is 10.00. The van der Waals surface area contributed by atoms with E-state index in [0.29, 0.717) is 29.3 Å². The Morgan fingerprint density at radius 3 is 2.52 bits per heavy atom. The Kier molecular flexibility index (Phi) is 6.89. The SMILES string of the molecule is CCOC(=O)C1=C(COC(=O)c2c(C)c(CC)nc3ccccc23)NC(=O)NC1CC. The van der Waals surface area contributed by atoms with Crippen molar-refractivity contribution in [3.8, 4) is 0 Å². The molecule has 8 heteroatoms. The highest BCUT2D eigenvalue weighted by molar-refractivity contribution is 6.05. The minimum Gasteiger partial charge on any atom is -0.463 e. The molecule has 2 heterocycles.